The van der Waals surface area contributed by atoms with Gasteiger partial charge in [-0.2, -0.15) is 0 Å². The van der Waals surface area contributed by atoms with Crippen LogP contribution in [-0.4, -0.2) is 23.3 Å². The van der Waals surface area contributed by atoms with E-state index in [9.17, 15) is 9.59 Å². The number of amides is 2. The number of nitrogens with zero attached hydrogens (tertiary/aromatic N) is 1. The number of ether oxygens (including phenoxy) is 1. The van der Waals surface area contributed by atoms with E-state index in [1.54, 1.807) is 0 Å². The molecule has 2 rings (SSSR count). The van der Waals surface area contributed by atoms with E-state index in [1.807, 2.05) is 19.1 Å². The largest absolute Gasteiger partial charge is 0.494 e. The van der Waals surface area contributed by atoms with Crippen LogP contribution >= 0.6 is 0 Å². The molecule has 1 aromatic rings. The second kappa shape index (κ2) is 6.11. The molecule has 1 saturated heterocycles. The van der Waals surface area contributed by atoms with Crippen molar-refractivity contribution in [3.8, 4) is 5.75 Å². The van der Waals surface area contributed by atoms with Gasteiger partial charge in [0.05, 0.1) is 12.6 Å². The van der Waals surface area contributed by atoms with Crippen LogP contribution in [0.1, 0.15) is 64.6 Å². The molecule has 1 aliphatic heterocycles. The van der Waals surface area contributed by atoms with Crippen molar-refractivity contribution in [3.63, 3.8) is 0 Å². The molecular weight excluding hydrogens is 278 g/mol. The molecule has 0 bridgehead atoms. The first-order valence-corrected chi connectivity index (χ1v) is 7.85. The number of rotatable bonds is 3. The Balaban J connectivity index is 2.46. The number of imide groups is 1. The predicted molar refractivity (Wildman–Crippen MR) is 85.8 cm³/mol. The Morgan fingerprint density at radius 1 is 1.36 bits per heavy atom. The number of hydrogen-bond donors (Lipinski definition) is 0. The third-order valence-electron chi connectivity index (χ3n) is 4.09. The monoisotopic (exact) mass is 303 g/mol. The summed E-state index contributed by atoms with van der Waals surface area (Å²) in [5.74, 6) is 0.482. The van der Waals surface area contributed by atoms with E-state index in [0.29, 0.717) is 19.4 Å². The first-order valence-electron chi connectivity index (χ1n) is 7.85. The van der Waals surface area contributed by atoms with Gasteiger partial charge in [0.2, 0.25) is 11.8 Å². The number of carbonyl (C=O) groups excluding carboxylic acids is 2. The fourth-order valence-electron chi connectivity index (χ4n) is 2.93. The van der Waals surface area contributed by atoms with Gasteiger partial charge in [0.25, 0.3) is 0 Å². The minimum Gasteiger partial charge on any atom is -0.494 e. The molecule has 1 atom stereocenters. The van der Waals surface area contributed by atoms with E-state index in [4.69, 9.17) is 4.74 Å². The third-order valence-corrected chi connectivity index (χ3v) is 4.09. The highest BCUT2D eigenvalue weighted by molar-refractivity contribution is 5.96. The standard InChI is InChI=1S/C18H25NO3/c1-6-22-16-11-13(18(3,4)5)7-8-14(16)15-9-10-17(21)19(15)12(2)20/h7-8,11,15H,6,9-10H2,1-5H3. The van der Waals surface area contributed by atoms with Crippen LogP contribution in [0.3, 0.4) is 0 Å². The lowest BCUT2D eigenvalue weighted by Crippen LogP contribution is -2.32. The van der Waals surface area contributed by atoms with Crippen molar-refractivity contribution in [2.24, 2.45) is 0 Å². The van der Waals surface area contributed by atoms with Crippen molar-refractivity contribution in [2.75, 3.05) is 6.61 Å². The van der Waals surface area contributed by atoms with Crippen LogP contribution in [-0.2, 0) is 15.0 Å². The summed E-state index contributed by atoms with van der Waals surface area (Å²) in [4.78, 5) is 25.1. The zero-order valence-corrected chi connectivity index (χ0v) is 14.1. The van der Waals surface area contributed by atoms with Gasteiger partial charge in [-0.15, -0.1) is 0 Å². The van der Waals surface area contributed by atoms with E-state index >= 15 is 0 Å². The van der Waals surface area contributed by atoms with Crippen LogP contribution in [0.25, 0.3) is 0 Å². The van der Waals surface area contributed by atoms with Crippen LogP contribution in [0.5, 0.6) is 5.75 Å². The van der Waals surface area contributed by atoms with E-state index in [-0.39, 0.29) is 23.3 Å². The molecule has 0 aliphatic carbocycles. The fraction of sp³-hybridized carbons (Fsp3) is 0.556. The van der Waals surface area contributed by atoms with Gasteiger partial charge in [-0.1, -0.05) is 32.9 Å². The zero-order chi connectivity index (χ0) is 16.5. The third kappa shape index (κ3) is 3.16. The van der Waals surface area contributed by atoms with Crippen LogP contribution in [0.4, 0.5) is 0 Å². The lowest BCUT2D eigenvalue weighted by molar-refractivity contribution is -0.142. The fourth-order valence-corrected chi connectivity index (χ4v) is 2.93. The number of carbonyl (C=O) groups is 2. The number of benzene rings is 1. The number of likely N-dealkylation sites (tertiary alicyclic amines) is 1. The first-order chi connectivity index (χ1) is 10.3. The lowest BCUT2D eigenvalue weighted by atomic mass is 9.85. The summed E-state index contributed by atoms with van der Waals surface area (Å²) >= 11 is 0. The van der Waals surface area contributed by atoms with Crippen LogP contribution in [0, 0.1) is 0 Å². The maximum absolute atomic E-state index is 12.0. The van der Waals surface area contributed by atoms with E-state index < -0.39 is 0 Å². The molecule has 1 unspecified atom stereocenters. The Morgan fingerprint density at radius 3 is 2.59 bits per heavy atom. The van der Waals surface area contributed by atoms with Crippen LogP contribution in [0.15, 0.2) is 18.2 Å². The average molecular weight is 303 g/mol. The molecule has 1 aliphatic rings. The van der Waals surface area contributed by atoms with Crippen molar-refractivity contribution >= 4 is 11.8 Å². The normalized spacial score (nSPS) is 18.7. The summed E-state index contributed by atoms with van der Waals surface area (Å²) in [6, 6.07) is 5.91. The van der Waals surface area contributed by atoms with Crippen molar-refractivity contribution < 1.29 is 14.3 Å². The summed E-state index contributed by atoms with van der Waals surface area (Å²) in [5.41, 5.74) is 2.13. The highest BCUT2D eigenvalue weighted by Crippen LogP contribution is 2.39. The molecule has 2 amide bonds. The highest BCUT2D eigenvalue weighted by Gasteiger charge is 2.36. The van der Waals surface area contributed by atoms with E-state index in [1.165, 1.54) is 17.4 Å². The number of hydrogen-bond acceptors (Lipinski definition) is 3. The van der Waals surface area contributed by atoms with Crippen LogP contribution < -0.4 is 4.74 Å². The van der Waals surface area contributed by atoms with Gasteiger partial charge in [0, 0.05) is 18.9 Å². The minimum atomic E-state index is -0.208. The Labute approximate surface area is 132 Å². The molecule has 4 heteroatoms. The molecule has 1 fully saturated rings. The van der Waals surface area contributed by atoms with Gasteiger partial charge >= 0.3 is 0 Å². The summed E-state index contributed by atoms with van der Waals surface area (Å²) in [7, 11) is 0. The quantitative estimate of drug-likeness (QED) is 0.857. The SMILES string of the molecule is CCOc1cc(C(C)(C)C)ccc1C1CCC(=O)N1C(C)=O. The second-order valence-electron chi connectivity index (χ2n) is 6.77. The first kappa shape index (κ1) is 16.5. The predicted octanol–water partition coefficient (Wildman–Crippen LogP) is 3.59. The Hall–Kier alpha value is -1.84. The summed E-state index contributed by atoms with van der Waals surface area (Å²) in [6.45, 7) is 10.4. The molecule has 0 radical (unpaired) electrons. The Morgan fingerprint density at radius 2 is 2.05 bits per heavy atom. The van der Waals surface area contributed by atoms with Crippen molar-refractivity contribution in [2.45, 2.75) is 58.9 Å². The van der Waals surface area contributed by atoms with E-state index in [0.717, 1.165) is 11.3 Å². The topological polar surface area (TPSA) is 46.6 Å². The molecule has 1 heterocycles. The summed E-state index contributed by atoms with van der Waals surface area (Å²) < 4.78 is 5.80. The maximum atomic E-state index is 12.0. The highest BCUT2D eigenvalue weighted by atomic mass is 16.5. The Bertz CT molecular complexity index is 586. The van der Waals surface area contributed by atoms with Gasteiger partial charge < -0.3 is 4.74 Å². The van der Waals surface area contributed by atoms with Crippen LogP contribution in [0.2, 0.25) is 0 Å². The van der Waals surface area contributed by atoms with E-state index in [2.05, 4.69) is 26.8 Å². The lowest BCUT2D eigenvalue weighted by Gasteiger charge is -2.26. The van der Waals surface area contributed by atoms with Gasteiger partial charge in [-0.3, -0.25) is 14.5 Å². The molecule has 120 valence electrons. The molecule has 0 N–H and O–H groups in total. The molecule has 0 spiro atoms. The minimum absolute atomic E-state index is 0.0239. The maximum Gasteiger partial charge on any atom is 0.229 e. The van der Waals surface area contributed by atoms with Crippen molar-refractivity contribution in [1.82, 2.24) is 4.90 Å². The second-order valence-corrected chi connectivity index (χ2v) is 6.77. The summed E-state index contributed by atoms with van der Waals surface area (Å²) in [6.07, 6.45) is 1.07. The zero-order valence-electron chi connectivity index (χ0n) is 14.1. The van der Waals surface area contributed by atoms with Gasteiger partial charge in [-0.25, -0.2) is 0 Å². The van der Waals surface area contributed by atoms with Gasteiger partial charge in [-0.05, 0) is 30.4 Å². The molecule has 0 aromatic heterocycles. The molecule has 1 aromatic carbocycles. The Kier molecular flexibility index (Phi) is 4.59. The molecular formula is C18H25NO3. The average Bonchev–Trinajstić information content (AvgIpc) is 2.80. The molecule has 4 nitrogen and oxygen atoms in total. The van der Waals surface area contributed by atoms with Gasteiger partial charge in [0.1, 0.15) is 5.75 Å². The van der Waals surface area contributed by atoms with Crippen molar-refractivity contribution in [1.29, 1.82) is 0 Å². The van der Waals surface area contributed by atoms with Gasteiger partial charge in [0.15, 0.2) is 0 Å². The molecule has 22 heavy (non-hydrogen) atoms. The molecule has 0 saturated carbocycles. The smallest absolute Gasteiger partial charge is 0.229 e. The van der Waals surface area contributed by atoms with Crippen molar-refractivity contribution in [3.05, 3.63) is 29.3 Å². The summed E-state index contributed by atoms with van der Waals surface area (Å²) in [5, 5.41) is 0.